The molecule has 6 aliphatic heterocycles. The molecule has 1 aromatic carbocycles. The smallest absolute Gasteiger partial charge is 0.140 e. The minimum absolute atomic E-state index is 0.335. The normalized spacial score (nSPS) is 39.4. The van der Waals surface area contributed by atoms with E-state index in [1.165, 1.54) is 0 Å². The summed E-state index contributed by atoms with van der Waals surface area (Å²) >= 11 is 3.47. The van der Waals surface area contributed by atoms with Crippen LogP contribution in [0.2, 0.25) is 0 Å². The quantitative estimate of drug-likeness (QED) is 0.624. The van der Waals surface area contributed by atoms with Gasteiger partial charge in [0.25, 0.3) is 0 Å². The molecule has 2 aromatic rings. The van der Waals surface area contributed by atoms with Crippen molar-refractivity contribution < 1.29 is 14.6 Å². The molecular formula is C24H29BrN2O3. The van der Waals surface area contributed by atoms with Gasteiger partial charge < -0.3 is 14.6 Å². The predicted molar refractivity (Wildman–Crippen MR) is 120 cm³/mol. The number of aliphatic hydroxyl groups is 2. The van der Waals surface area contributed by atoms with Crippen molar-refractivity contribution in [2.45, 2.75) is 36.9 Å². The Bertz CT molecular complexity index is 968. The number of furan rings is 1. The fourth-order valence-corrected chi connectivity index (χ4v) is 6.13. The third kappa shape index (κ3) is 3.51. The number of benzene rings is 1. The van der Waals surface area contributed by atoms with Crippen molar-refractivity contribution in [2.75, 3.05) is 39.3 Å². The summed E-state index contributed by atoms with van der Waals surface area (Å²) in [5.41, 5.74) is -0.763. The standard InChI is InChI=1S/C15H16BrNO2.C9H13NO/c16-12-1-2-13-10(7-12)8-14(19-13)15(18)9-17-5-3-11(15)4-6-17;1-2-9(11)7-10-5-3-8(9)4-6-10/h1-2,7-8,11,18H,3-6,9H2;1,8,11H,3-7H2. The van der Waals surface area contributed by atoms with Crippen LogP contribution in [-0.2, 0) is 5.60 Å². The van der Waals surface area contributed by atoms with E-state index in [0.29, 0.717) is 24.9 Å². The average molecular weight is 473 g/mol. The summed E-state index contributed by atoms with van der Waals surface area (Å²) in [5, 5.41) is 22.0. The molecule has 2 N–H and O–H groups in total. The largest absolute Gasteiger partial charge is 0.458 e. The number of terminal acetylenes is 1. The van der Waals surface area contributed by atoms with Crippen molar-refractivity contribution in [1.29, 1.82) is 0 Å². The van der Waals surface area contributed by atoms with Crippen LogP contribution in [0.4, 0.5) is 0 Å². The number of piperidine rings is 6. The average Bonchev–Trinajstić information content (AvgIpc) is 3.20. The molecule has 0 radical (unpaired) electrons. The molecule has 8 rings (SSSR count). The summed E-state index contributed by atoms with van der Waals surface area (Å²) in [6.07, 6.45) is 9.57. The molecule has 7 heterocycles. The van der Waals surface area contributed by atoms with Gasteiger partial charge in [0.05, 0.1) is 0 Å². The molecule has 160 valence electrons. The Hall–Kier alpha value is -1.36. The monoisotopic (exact) mass is 472 g/mol. The number of hydrogen-bond acceptors (Lipinski definition) is 5. The fraction of sp³-hybridized carbons (Fsp3) is 0.583. The molecule has 0 amide bonds. The topological polar surface area (TPSA) is 60.1 Å². The van der Waals surface area contributed by atoms with Crippen LogP contribution in [0.25, 0.3) is 11.0 Å². The lowest BCUT2D eigenvalue weighted by atomic mass is 9.74. The van der Waals surface area contributed by atoms with E-state index >= 15 is 0 Å². The van der Waals surface area contributed by atoms with Crippen LogP contribution >= 0.6 is 15.9 Å². The van der Waals surface area contributed by atoms with E-state index in [1.54, 1.807) is 0 Å². The molecule has 4 bridgehead atoms. The predicted octanol–water partition coefficient (Wildman–Crippen LogP) is 3.18. The van der Waals surface area contributed by atoms with Crippen molar-refractivity contribution in [3.05, 3.63) is 34.5 Å². The minimum atomic E-state index is -0.809. The zero-order valence-electron chi connectivity index (χ0n) is 17.2. The molecule has 1 aromatic heterocycles. The SMILES string of the molecule is C#CC1(O)CN2CCC1CC2.OC1(c2cc3cc(Br)ccc3o2)CN2CCC1CC2. The molecule has 6 fully saturated rings. The first-order chi connectivity index (χ1) is 14.4. The number of nitrogens with zero attached hydrogens (tertiary/aromatic N) is 2. The number of halogens is 1. The molecule has 30 heavy (non-hydrogen) atoms. The van der Waals surface area contributed by atoms with Gasteiger partial charge in [-0.3, -0.25) is 9.80 Å². The van der Waals surface area contributed by atoms with E-state index < -0.39 is 11.2 Å². The maximum atomic E-state index is 11.1. The van der Waals surface area contributed by atoms with Crippen LogP contribution in [0.3, 0.4) is 0 Å². The van der Waals surface area contributed by atoms with E-state index in [1.807, 2.05) is 24.3 Å². The second-order valence-corrected chi connectivity index (χ2v) is 10.3. The minimum Gasteiger partial charge on any atom is -0.458 e. The molecule has 2 unspecified atom stereocenters. The van der Waals surface area contributed by atoms with Gasteiger partial charge in [-0.2, -0.15) is 0 Å². The van der Waals surface area contributed by atoms with Gasteiger partial charge in [0.2, 0.25) is 0 Å². The highest BCUT2D eigenvalue weighted by atomic mass is 79.9. The Morgan fingerprint density at radius 2 is 1.60 bits per heavy atom. The summed E-state index contributed by atoms with van der Waals surface area (Å²) < 4.78 is 6.96. The Kier molecular flexibility index (Phi) is 5.24. The van der Waals surface area contributed by atoms with Crippen molar-refractivity contribution in [1.82, 2.24) is 9.80 Å². The maximum absolute atomic E-state index is 11.1. The van der Waals surface area contributed by atoms with Crippen molar-refractivity contribution in [2.24, 2.45) is 11.8 Å². The summed E-state index contributed by atoms with van der Waals surface area (Å²) in [7, 11) is 0. The third-order valence-corrected chi connectivity index (χ3v) is 8.10. The lowest BCUT2D eigenvalue weighted by molar-refractivity contribution is -0.128. The van der Waals surface area contributed by atoms with Gasteiger partial charge >= 0.3 is 0 Å². The molecule has 5 nitrogen and oxygen atoms in total. The van der Waals surface area contributed by atoms with E-state index in [0.717, 1.165) is 73.1 Å². The molecular weight excluding hydrogens is 444 g/mol. The van der Waals surface area contributed by atoms with E-state index in [-0.39, 0.29) is 0 Å². The molecule has 0 spiro atoms. The zero-order valence-corrected chi connectivity index (χ0v) is 18.8. The van der Waals surface area contributed by atoms with Gasteiger partial charge in [-0.25, -0.2) is 0 Å². The Morgan fingerprint density at radius 1 is 0.967 bits per heavy atom. The first kappa shape index (κ1) is 20.5. The lowest BCUT2D eigenvalue weighted by Gasteiger charge is -2.49. The highest BCUT2D eigenvalue weighted by Crippen LogP contribution is 2.44. The molecule has 6 heteroatoms. The fourth-order valence-electron chi connectivity index (χ4n) is 5.75. The number of rotatable bonds is 1. The third-order valence-electron chi connectivity index (χ3n) is 7.61. The first-order valence-electron chi connectivity index (χ1n) is 11.0. The van der Waals surface area contributed by atoms with Gasteiger partial charge in [-0.15, -0.1) is 6.42 Å². The zero-order chi connectivity index (χ0) is 20.9. The molecule has 0 saturated carbocycles. The second-order valence-electron chi connectivity index (χ2n) is 9.39. The van der Waals surface area contributed by atoms with Crippen LogP contribution < -0.4 is 0 Å². The summed E-state index contributed by atoms with van der Waals surface area (Å²) in [6.45, 7) is 5.85. The van der Waals surface area contributed by atoms with Gasteiger partial charge in [0, 0.05) is 28.9 Å². The maximum Gasteiger partial charge on any atom is 0.140 e. The number of fused-ring (bicyclic) bond motifs is 7. The molecule has 2 atom stereocenters. The van der Waals surface area contributed by atoms with Crippen LogP contribution in [0.15, 0.2) is 33.2 Å². The lowest BCUT2D eigenvalue weighted by Crippen LogP contribution is -2.58. The Morgan fingerprint density at radius 3 is 2.10 bits per heavy atom. The van der Waals surface area contributed by atoms with Crippen LogP contribution in [0.1, 0.15) is 31.4 Å². The molecule has 6 aliphatic rings. The highest BCUT2D eigenvalue weighted by Gasteiger charge is 2.48. The summed E-state index contributed by atoms with van der Waals surface area (Å²) in [5.74, 6) is 3.95. The van der Waals surface area contributed by atoms with E-state index in [4.69, 9.17) is 10.8 Å². The van der Waals surface area contributed by atoms with Crippen LogP contribution in [0.5, 0.6) is 0 Å². The first-order valence-corrected chi connectivity index (χ1v) is 11.8. The van der Waals surface area contributed by atoms with Crippen molar-refractivity contribution >= 4 is 26.9 Å². The van der Waals surface area contributed by atoms with Gasteiger partial charge in [0.15, 0.2) is 0 Å². The van der Waals surface area contributed by atoms with Gasteiger partial charge in [-0.05, 0) is 82.0 Å². The molecule has 0 aliphatic carbocycles. The van der Waals surface area contributed by atoms with Crippen molar-refractivity contribution in [3.63, 3.8) is 0 Å². The molecule has 6 saturated heterocycles. The van der Waals surface area contributed by atoms with Crippen LogP contribution in [0, 0.1) is 24.2 Å². The van der Waals surface area contributed by atoms with E-state index in [2.05, 4.69) is 31.7 Å². The highest BCUT2D eigenvalue weighted by molar-refractivity contribution is 9.10. The van der Waals surface area contributed by atoms with Crippen molar-refractivity contribution in [3.8, 4) is 12.3 Å². The summed E-state index contributed by atoms with van der Waals surface area (Å²) in [4.78, 5) is 4.59. The number of hydrogen-bond donors (Lipinski definition) is 2. The van der Waals surface area contributed by atoms with Crippen LogP contribution in [-0.4, -0.2) is 64.9 Å². The van der Waals surface area contributed by atoms with Gasteiger partial charge in [-0.1, -0.05) is 21.9 Å². The second kappa shape index (κ2) is 7.65. The summed E-state index contributed by atoms with van der Waals surface area (Å²) in [6, 6.07) is 7.96. The Labute approximate surface area is 186 Å². The Balaban J connectivity index is 0.000000149. The van der Waals surface area contributed by atoms with E-state index in [9.17, 15) is 10.2 Å². The van der Waals surface area contributed by atoms with Gasteiger partial charge in [0.1, 0.15) is 22.5 Å².